The molecular weight excluding hydrogens is 642 g/mol. The number of hydrogen-bond donors (Lipinski definition) is 2. The molecule has 2 heterocycles. The van der Waals surface area contributed by atoms with Crippen LogP contribution in [0.2, 0.25) is 0 Å². The van der Waals surface area contributed by atoms with Crippen LogP contribution >= 0.6 is 0 Å². The largest absolute Gasteiger partial charge is 0.508 e. The number of nitrogens with one attached hydrogen (secondary N) is 1. The van der Waals surface area contributed by atoms with Crippen LogP contribution in [0.15, 0.2) is 115 Å². The molecule has 1 saturated carbocycles. The van der Waals surface area contributed by atoms with Gasteiger partial charge in [-0.15, -0.1) is 0 Å². The lowest BCUT2D eigenvalue weighted by Gasteiger charge is -2.50. The lowest BCUT2D eigenvalue weighted by atomic mass is 9.49. The lowest BCUT2D eigenvalue weighted by molar-refractivity contribution is -0.138. The number of benzene rings is 4. The summed E-state index contributed by atoms with van der Waals surface area (Å²) in [7, 11) is 1.50. The molecule has 256 valence electrons. The first kappa shape index (κ1) is 32.3. The Kier molecular flexibility index (Phi) is 7.67. The fourth-order valence-electron chi connectivity index (χ4n) is 9.04. The van der Waals surface area contributed by atoms with Crippen molar-refractivity contribution in [2.75, 3.05) is 17.4 Å². The highest BCUT2D eigenvalue weighted by molar-refractivity contribution is 6.22. The minimum absolute atomic E-state index is 0.0165. The summed E-state index contributed by atoms with van der Waals surface area (Å²) in [6.45, 7) is 5.76. The molecule has 4 aliphatic rings. The fraction of sp³-hybridized carbons (Fsp3) is 0.238. The van der Waals surface area contributed by atoms with E-state index in [4.69, 9.17) is 4.74 Å². The third-order valence-electron chi connectivity index (χ3n) is 11.3. The van der Waals surface area contributed by atoms with E-state index in [0.29, 0.717) is 34.7 Å². The van der Waals surface area contributed by atoms with Gasteiger partial charge in [0.05, 0.1) is 41.7 Å². The second-order valence-electron chi connectivity index (χ2n) is 13.8. The number of rotatable bonds is 7. The summed E-state index contributed by atoms with van der Waals surface area (Å²) < 4.78 is 5.85. The minimum atomic E-state index is -1.44. The smallest absolute Gasteiger partial charge is 0.260 e. The number of anilines is 2. The van der Waals surface area contributed by atoms with Crippen LogP contribution in [0.25, 0.3) is 6.08 Å². The predicted octanol–water partition coefficient (Wildman–Crippen LogP) is 6.54. The first-order chi connectivity index (χ1) is 24.7. The van der Waals surface area contributed by atoms with E-state index >= 15 is 4.79 Å². The van der Waals surface area contributed by atoms with E-state index in [-0.39, 0.29) is 24.0 Å². The number of amides is 4. The van der Waals surface area contributed by atoms with Crippen LogP contribution in [0.3, 0.4) is 0 Å². The number of phenolic OH excluding ortho intramolecular Hbond substituents is 1. The van der Waals surface area contributed by atoms with Crippen molar-refractivity contribution >= 4 is 41.1 Å². The summed E-state index contributed by atoms with van der Waals surface area (Å²) in [5.74, 6) is -4.67. The SMILES string of the molecule is C=Cc1ccc(N2C(=O)C3CC=C4C(CC5C(=O)N(Nc6ccc(C)cc6)C(=O)C5(c5ccccc5)C4c4ccc(O)cc4OC)C3C2=O)cc1. The quantitative estimate of drug-likeness (QED) is 0.168. The zero-order valence-corrected chi connectivity index (χ0v) is 28.3. The van der Waals surface area contributed by atoms with Gasteiger partial charge in [-0.25, -0.2) is 0 Å². The molecule has 4 aromatic carbocycles. The molecule has 51 heavy (non-hydrogen) atoms. The zero-order valence-electron chi connectivity index (χ0n) is 28.3. The van der Waals surface area contributed by atoms with Crippen LogP contribution in [0, 0.1) is 30.6 Å². The van der Waals surface area contributed by atoms with Gasteiger partial charge in [0.2, 0.25) is 11.8 Å². The Labute approximate surface area is 295 Å². The first-order valence-corrected chi connectivity index (χ1v) is 17.1. The van der Waals surface area contributed by atoms with Crippen LogP contribution in [0.5, 0.6) is 11.5 Å². The summed E-state index contributed by atoms with van der Waals surface area (Å²) in [5, 5.41) is 11.6. The minimum Gasteiger partial charge on any atom is -0.508 e. The highest BCUT2D eigenvalue weighted by atomic mass is 16.5. The Morgan fingerprint density at radius 1 is 0.882 bits per heavy atom. The molecule has 0 aromatic heterocycles. The van der Waals surface area contributed by atoms with Gasteiger partial charge >= 0.3 is 0 Å². The summed E-state index contributed by atoms with van der Waals surface area (Å²) in [6, 6.07) is 28.7. The molecule has 0 spiro atoms. The van der Waals surface area contributed by atoms with Crippen molar-refractivity contribution in [2.24, 2.45) is 23.7 Å². The summed E-state index contributed by atoms with van der Waals surface area (Å²) >= 11 is 0. The van der Waals surface area contributed by atoms with Crippen molar-refractivity contribution in [3.05, 3.63) is 138 Å². The predicted molar refractivity (Wildman–Crippen MR) is 192 cm³/mol. The highest BCUT2D eigenvalue weighted by Crippen LogP contribution is 2.65. The molecule has 4 amide bonds. The molecule has 2 aliphatic heterocycles. The van der Waals surface area contributed by atoms with Gasteiger partial charge in [-0.1, -0.05) is 90.5 Å². The van der Waals surface area contributed by atoms with Crippen molar-refractivity contribution in [3.8, 4) is 11.5 Å². The number of aryl methyl sites for hydroxylation is 1. The number of nitrogens with zero attached hydrogens (tertiary/aromatic N) is 2. The number of aromatic hydroxyl groups is 1. The summed E-state index contributed by atoms with van der Waals surface area (Å²) in [5.41, 5.74) is 6.69. The van der Waals surface area contributed by atoms with Crippen LogP contribution in [-0.4, -0.2) is 40.9 Å². The van der Waals surface area contributed by atoms with Crippen LogP contribution < -0.4 is 15.1 Å². The van der Waals surface area contributed by atoms with Gasteiger partial charge in [0.25, 0.3) is 11.8 Å². The van der Waals surface area contributed by atoms with E-state index in [9.17, 15) is 19.5 Å². The van der Waals surface area contributed by atoms with Gasteiger partial charge in [-0.2, -0.15) is 5.01 Å². The van der Waals surface area contributed by atoms with E-state index in [2.05, 4.69) is 12.0 Å². The number of carbonyl (C=O) groups is 4. The number of phenols is 1. The molecular formula is C42H37N3O6. The van der Waals surface area contributed by atoms with Crippen LogP contribution in [-0.2, 0) is 24.6 Å². The van der Waals surface area contributed by atoms with Gasteiger partial charge in [0.1, 0.15) is 11.5 Å². The fourth-order valence-corrected chi connectivity index (χ4v) is 9.04. The molecule has 6 atom stereocenters. The number of hydrogen-bond acceptors (Lipinski definition) is 7. The third kappa shape index (κ3) is 4.75. The maximum absolute atomic E-state index is 15.3. The normalized spacial score (nSPS) is 26.7. The molecule has 3 fully saturated rings. The molecule has 6 unspecified atom stereocenters. The Morgan fingerprint density at radius 2 is 1.61 bits per heavy atom. The highest BCUT2D eigenvalue weighted by Gasteiger charge is 2.70. The maximum atomic E-state index is 15.3. The number of ether oxygens (including phenoxy) is 1. The van der Waals surface area contributed by atoms with E-state index in [0.717, 1.165) is 21.7 Å². The van der Waals surface area contributed by atoms with Gasteiger partial charge in [-0.3, -0.25) is 29.5 Å². The standard InChI is InChI=1S/C42H37N3O6/c1-4-25-12-16-28(17-13-25)44-38(47)32-21-20-30-33(36(32)40(44)49)23-34-39(48)45(43-27-14-10-24(2)11-15-27)41(50)42(34,26-8-6-5-7-9-26)37(30)31-19-18-29(46)22-35(31)51-3/h4-20,22,32-34,36-37,43,46H,1,21,23H2,2-3H3. The van der Waals surface area contributed by atoms with Crippen molar-refractivity contribution in [1.82, 2.24) is 5.01 Å². The van der Waals surface area contributed by atoms with Crippen molar-refractivity contribution in [2.45, 2.75) is 31.1 Å². The number of allylic oxidation sites excluding steroid dienone is 2. The van der Waals surface area contributed by atoms with Gasteiger partial charge in [0, 0.05) is 17.5 Å². The van der Waals surface area contributed by atoms with Crippen LogP contribution in [0.4, 0.5) is 11.4 Å². The van der Waals surface area contributed by atoms with Gasteiger partial charge in [-0.05, 0) is 67.1 Å². The molecule has 9 heteroatoms. The van der Waals surface area contributed by atoms with Crippen molar-refractivity contribution in [3.63, 3.8) is 0 Å². The monoisotopic (exact) mass is 679 g/mol. The molecule has 4 aromatic rings. The Morgan fingerprint density at radius 3 is 2.29 bits per heavy atom. The number of imide groups is 2. The van der Waals surface area contributed by atoms with E-state index in [1.54, 1.807) is 30.3 Å². The second kappa shape index (κ2) is 12.1. The summed E-state index contributed by atoms with van der Waals surface area (Å²) in [6.07, 6.45) is 4.18. The summed E-state index contributed by atoms with van der Waals surface area (Å²) in [4.78, 5) is 60.0. The second-order valence-corrected chi connectivity index (χ2v) is 13.8. The molecule has 2 aliphatic carbocycles. The van der Waals surface area contributed by atoms with E-state index in [1.807, 2.05) is 79.7 Å². The first-order valence-electron chi connectivity index (χ1n) is 17.1. The van der Waals surface area contributed by atoms with E-state index in [1.165, 1.54) is 18.1 Å². The maximum Gasteiger partial charge on any atom is 0.260 e. The number of methoxy groups -OCH3 is 1. The molecule has 8 rings (SSSR count). The third-order valence-corrected chi connectivity index (χ3v) is 11.3. The number of hydrazine groups is 1. The van der Waals surface area contributed by atoms with Gasteiger partial charge < -0.3 is 9.84 Å². The number of fused-ring (bicyclic) bond motifs is 4. The Balaban J connectivity index is 1.32. The zero-order chi connectivity index (χ0) is 35.6. The lowest BCUT2D eigenvalue weighted by Crippen LogP contribution is -2.53. The van der Waals surface area contributed by atoms with E-state index < -0.39 is 46.8 Å². The molecule has 9 nitrogen and oxygen atoms in total. The van der Waals surface area contributed by atoms with Gasteiger partial charge in [0.15, 0.2) is 0 Å². The molecule has 2 N–H and O–H groups in total. The van der Waals surface area contributed by atoms with Crippen molar-refractivity contribution < 1.29 is 29.0 Å². The Bertz CT molecular complexity index is 2130. The van der Waals surface area contributed by atoms with Crippen LogP contribution in [0.1, 0.15) is 41.0 Å². The molecule has 0 radical (unpaired) electrons. The molecule has 0 bridgehead atoms. The average Bonchev–Trinajstić information content (AvgIpc) is 3.53. The molecule has 2 saturated heterocycles. The number of carbonyl (C=O) groups excluding carboxylic acids is 4. The topological polar surface area (TPSA) is 116 Å². The van der Waals surface area contributed by atoms with Crippen molar-refractivity contribution in [1.29, 1.82) is 0 Å². The Hall–Kier alpha value is -5.96. The average molecular weight is 680 g/mol.